The van der Waals surface area contributed by atoms with Crippen molar-refractivity contribution in [3.63, 3.8) is 0 Å². The van der Waals surface area contributed by atoms with Gasteiger partial charge in [0, 0.05) is 7.11 Å². The Hall–Kier alpha value is -1.51. The highest BCUT2D eigenvalue weighted by atomic mass is 16.8. The standard InChI is InChI=1S/C19H26O7/c1-18(2,21-5)26-17-15-14(24-19(3,4)25-15)13(23-17)11-22-16(20)12-9-7-6-8-10-12/h6-10,13-15,17H,11H2,1-5H3/t13-,14-,15-,17+/m1/s1. The Kier molecular flexibility index (Phi) is 5.37. The zero-order valence-corrected chi connectivity index (χ0v) is 15.8. The van der Waals surface area contributed by atoms with E-state index in [0.29, 0.717) is 5.56 Å². The molecule has 0 aromatic heterocycles. The van der Waals surface area contributed by atoms with Gasteiger partial charge in [0.05, 0.1) is 5.56 Å². The second kappa shape index (κ2) is 7.25. The maximum Gasteiger partial charge on any atom is 0.338 e. The first-order valence-corrected chi connectivity index (χ1v) is 8.67. The van der Waals surface area contributed by atoms with Crippen molar-refractivity contribution in [3.8, 4) is 0 Å². The predicted molar refractivity (Wildman–Crippen MR) is 91.4 cm³/mol. The van der Waals surface area contributed by atoms with E-state index in [0.717, 1.165) is 0 Å². The number of methoxy groups -OCH3 is 1. The summed E-state index contributed by atoms with van der Waals surface area (Å²) in [7, 11) is 1.56. The Balaban J connectivity index is 1.66. The minimum absolute atomic E-state index is 0.0433. The van der Waals surface area contributed by atoms with Crippen molar-refractivity contribution in [2.24, 2.45) is 0 Å². The molecular formula is C19H26O7. The summed E-state index contributed by atoms with van der Waals surface area (Å²) in [5, 5.41) is 0. The summed E-state index contributed by atoms with van der Waals surface area (Å²) in [6.45, 7) is 7.28. The molecule has 2 saturated heterocycles. The number of carbonyl (C=O) groups excluding carboxylic acids is 1. The van der Waals surface area contributed by atoms with Crippen LogP contribution in [0.3, 0.4) is 0 Å². The van der Waals surface area contributed by atoms with Crippen molar-refractivity contribution >= 4 is 5.97 Å². The molecule has 3 rings (SSSR count). The smallest absolute Gasteiger partial charge is 0.338 e. The summed E-state index contributed by atoms with van der Waals surface area (Å²) in [6, 6.07) is 8.81. The number of benzene rings is 1. The average molecular weight is 366 g/mol. The molecule has 1 aromatic rings. The van der Waals surface area contributed by atoms with Gasteiger partial charge in [0.1, 0.15) is 24.9 Å². The molecule has 7 nitrogen and oxygen atoms in total. The highest BCUT2D eigenvalue weighted by molar-refractivity contribution is 5.89. The Morgan fingerprint density at radius 1 is 1.15 bits per heavy atom. The topological polar surface area (TPSA) is 72.5 Å². The van der Waals surface area contributed by atoms with E-state index in [9.17, 15) is 4.79 Å². The first-order chi connectivity index (χ1) is 12.2. The van der Waals surface area contributed by atoms with Crippen molar-refractivity contribution < 1.29 is 33.2 Å². The van der Waals surface area contributed by atoms with E-state index in [-0.39, 0.29) is 6.61 Å². The fourth-order valence-electron chi connectivity index (χ4n) is 3.01. The summed E-state index contributed by atoms with van der Waals surface area (Å²) in [6.07, 6.45) is -2.00. The van der Waals surface area contributed by atoms with Crippen LogP contribution in [0, 0.1) is 0 Å². The second-order valence-corrected chi connectivity index (χ2v) is 7.29. The number of carbonyl (C=O) groups is 1. The Labute approximate surface area is 153 Å². The second-order valence-electron chi connectivity index (χ2n) is 7.29. The van der Waals surface area contributed by atoms with Crippen molar-refractivity contribution in [2.75, 3.05) is 13.7 Å². The van der Waals surface area contributed by atoms with Crippen LogP contribution in [0.2, 0.25) is 0 Å². The third-order valence-corrected chi connectivity index (χ3v) is 4.39. The van der Waals surface area contributed by atoms with Crippen LogP contribution in [0.5, 0.6) is 0 Å². The molecule has 2 fully saturated rings. The van der Waals surface area contributed by atoms with E-state index in [1.807, 2.05) is 19.9 Å². The van der Waals surface area contributed by atoms with Crippen LogP contribution in [0.4, 0.5) is 0 Å². The molecule has 2 aliphatic heterocycles. The number of esters is 1. The number of fused-ring (bicyclic) bond motifs is 1. The van der Waals surface area contributed by atoms with E-state index in [1.54, 1.807) is 45.2 Å². The van der Waals surface area contributed by atoms with Gasteiger partial charge in [0.15, 0.2) is 17.9 Å². The van der Waals surface area contributed by atoms with Gasteiger partial charge in [-0.1, -0.05) is 18.2 Å². The highest BCUT2D eigenvalue weighted by Crippen LogP contribution is 2.40. The van der Waals surface area contributed by atoms with Crippen molar-refractivity contribution in [3.05, 3.63) is 35.9 Å². The first-order valence-electron chi connectivity index (χ1n) is 8.67. The third kappa shape index (κ3) is 4.24. The normalized spacial score (nSPS) is 30.2. The molecule has 0 aliphatic carbocycles. The Bertz CT molecular complexity index is 628. The van der Waals surface area contributed by atoms with E-state index in [4.69, 9.17) is 28.4 Å². The molecule has 0 saturated carbocycles. The van der Waals surface area contributed by atoms with Crippen LogP contribution in [0.1, 0.15) is 38.1 Å². The van der Waals surface area contributed by atoms with Gasteiger partial charge in [-0.25, -0.2) is 4.79 Å². The molecule has 26 heavy (non-hydrogen) atoms. The molecule has 0 amide bonds. The lowest BCUT2D eigenvalue weighted by Crippen LogP contribution is -2.39. The summed E-state index contributed by atoms with van der Waals surface area (Å²) < 4.78 is 34.4. The summed E-state index contributed by atoms with van der Waals surface area (Å²) in [5.74, 6) is -2.02. The fraction of sp³-hybridized carbons (Fsp3) is 0.632. The number of hydrogen-bond acceptors (Lipinski definition) is 7. The van der Waals surface area contributed by atoms with Gasteiger partial charge >= 0.3 is 5.97 Å². The quantitative estimate of drug-likeness (QED) is 0.566. The van der Waals surface area contributed by atoms with Crippen LogP contribution in [0.25, 0.3) is 0 Å². The highest BCUT2D eigenvalue weighted by Gasteiger charge is 2.57. The maximum absolute atomic E-state index is 12.2. The van der Waals surface area contributed by atoms with Gasteiger partial charge in [-0.3, -0.25) is 0 Å². The van der Waals surface area contributed by atoms with Crippen LogP contribution in [0.15, 0.2) is 30.3 Å². The van der Waals surface area contributed by atoms with Crippen LogP contribution in [-0.4, -0.2) is 55.9 Å². The molecule has 2 heterocycles. The largest absolute Gasteiger partial charge is 0.459 e. The maximum atomic E-state index is 12.2. The molecule has 0 radical (unpaired) electrons. The molecular weight excluding hydrogens is 340 g/mol. The van der Waals surface area contributed by atoms with Crippen LogP contribution < -0.4 is 0 Å². The van der Waals surface area contributed by atoms with Gasteiger partial charge in [-0.05, 0) is 39.8 Å². The lowest BCUT2D eigenvalue weighted by molar-refractivity contribution is -0.311. The van der Waals surface area contributed by atoms with Gasteiger partial charge in [-0.15, -0.1) is 0 Å². The fourth-order valence-corrected chi connectivity index (χ4v) is 3.01. The molecule has 2 aliphatic rings. The summed E-state index contributed by atoms with van der Waals surface area (Å²) in [5.41, 5.74) is 0.485. The molecule has 144 valence electrons. The predicted octanol–water partition coefficient (Wildman–Crippen LogP) is 2.49. The van der Waals surface area contributed by atoms with Gasteiger partial charge in [0.2, 0.25) is 0 Å². The third-order valence-electron chi connectivity index (χ3n) is 4.39. The van der Waals surface area contributed by atoms with Crippen LogP contribution in [-0.2, 0) is 28.4 Å². The zero-order chi connectivity index (χ0) is 18.9. The van der Waals surface area contributed by atoms with Crippen LogP contribution >= 0.6 is 0 Å². The summed E-state index contributed by atoms with van der Waals surface area (Å²) >= 11 is 0. The van der Waals surface area contributed by atoms with Gasteiger partial charge in [0.25, 0.3) is 0 Å². The minimum atomic E-state index is -0.846. The Morgan fingerprint density at radius 3 is 2.46 bits per heavy atom. The van der Waals surface area contributed by atoms with Crippen molar-refractivity contribution in [2.45, 2.75) is 63.9 Å². The minimum Gasteiger partial charge on any atom is -0.459 e. The lowest BCUT2D eigenvalue weighted by Gasteiger charge is -2.30. The van der Waals surface area contributed by atoms with E-state index in [2.05, 4.69) is 0 Å². The van der Waals surface area contributed by atoms with Gasteiger partial charge < -0.3 is 28.4 Å². The van der Waals surface area contributed by atoms with Crippen molar-refractivity contribution in [1.82, 2.24) is 0 Å². The lowest BCUT2D eigenvalue weighted by atomic mass is 10.1. The SMILES string of the molecule is COC(C)(C)O[C@@H]1O[C@H](COC(=O)c2ccccc2)[C@H]2OC(C)(C)O[C@@H]12. The number of hydrogen-bond donors (Lipinski definition) is 0. The average Bonchev–Trinajstić information content (AvgIpc) is 3.07. The molecule has 0 bridgehead atoms. The van der Waals surface area contributed by atoms with E-state index in [1.165, 1.54) is 0 Å². The van der Waals surface area contributed by atoms with E-state index < -0.39 is 42.1 Å². The molecule has 0 unspecified atom stereocenters. The summed E-state index contributed by atoms with van der Waals surface area (Å²) in [4.78, 5) is 12.2. The first kappa shape index (κ1) is 19.3. The molecule has 0 spiro atoms. The zero-order valence-electron chi connectivity index (χ0n) is 15.8. The molecule has 0 N–H and O–H groups in total. The molecule has 7 heteroatoms. The number of ether oxygens (including phenoxy) is 6. The molecule has 4 atom stereocenters. The van der Waals surface area contributed by atoms with Gasteiger partial charge in [-0.2, -0.15) is 0 Å². The number of rotatable bonds is 6. The van der Waals surface area contributed by atoms with E-state index >= 15 is 0 Å². The monoisotopic (exact) mass is 366 g/mol. The van der Waals surface area contributed by atoms with Crippen molar-refractivity contribution in [1.29, 1.82) is 0 Å². The molecule has 1 aromatic carbocycles. The Morgan fingerprint density at radius 2 is 1.81 bits per heavy atom.